The number of halogens is 2. The number of nitrogens with zero attached hydrogens (tertiary/aromatic N) is 1. The van der Waals surface area contributed by atoms with Crippen LogP contribution < -0.4 is 0 Å². The van der Waals surface area contributed by atoms with Gasteiger partial charge < -0.3 is 4.90 Å². The zero-order chi connectivity index (χ0) is 10.7. The van der Waals surface area contributed by atoms with Gasteiger partial charge >= 0.3 is 0 Å². The molecule has 0 aliphatic carbocycles. The summed E-state index contributed by atoms with van der Waals surface area (Å²) in [4.78, 5) is 1.64. The lowest BCUT2D eigenvalue weighted by Crippen LogP contribution is -2.23. The SMILES string of the molecule is CN(C)C(=N)Cc1cccc(Cl)c1F. The van der Waals surface area contributed by atoms with Gasteiger partial charge in [0.25, 0.3) is 0 Å². The van der Waals surface area contributed by atoms with Crippen molar-refractivity contribution < 1.29 is 4.39 Å². The number of benzene rings is 1. The van der Waals surface area contributed by atoms with Gasteiger partial charge in [-0.2, -0.15) is 0 Å². The van der Waals surface area contributed by atoms with E-state index >= 15 is 0 Å². The van der Waals surface area contributed by atoms with E-state index in [1.165, 1.54) is 6.07 Å². The van der Waals surface area contributed by atoms with Crippen molar-refractivity contribution in [2.75, 3.05) is 14.1 Å². The van der Waals surface area contributed by atoms with Crippen LogP contribution in [0.15, 0.2) is 18.2 Å². The molecule has 14 heavy (non-hydrogen) atoms. The highest BCUT2D eigenvalue weighted by atomic mass is 35.5. The number of amidine groups is 1. The number of rotatable bonds is 2. The Kier molecular flexibility index (Phi) is 3.47. The van der Waals surface area contributed by atoms with Crippen molar-refractivity contribution in [2.24, 2.45) is 0 Å². The van der Waals surface area contributed by atoms with Crippen LogP contribution in [0.1, 0.15) is 5.56 Å². The maximum Gasteiger partial charge on any atom is 0.145 e. The van der Waals surface area contributed by atoms with E-state index in [0.717, 1.165) is 0 Å². The Morgan fingerprint density at radius 3 is 2.71 bits per heavy atom. The van der Waals surface area contributed by atoms with Crippen LogP contribution in [0.25, 0.3) is 0 Å². The van der Waals surface area contributed by atoms with Crippen LogP contribution in [-0.2, 0) is 6.42 Å². The fourth-order valence-electron chi connectivity index (χ4n) is 1.02. The van der Waals surface area contributed by atoms with E-state index in [2.05, 4.69) is 0 Å². The van der Waals surface area contributed by atoms with E-state index < -0.39 is 5.82 Å². The smallest absolute Gasteiger partial charge is 0.145 e. The summed E-state index contributed by atoms with van der Waals surface area (Å²) in [6, 6.07) is 4.82. The first-order valence-electron chi connectivity index (χ1n) is 4.20. The van der Waals surface area contributed by atoms with E-state index in [4.69, 9.17) is 17.0 Å². The summed E-state index contributed by atoms with van der Waals surface area (Å²) in [5, 5.41) is 7.67. The van der Waals surface area contributed by atoms with Crippen molar-refractivity contribution in [3.63, 3.8) is 0 Å². The molecule has 1 rings (SSSR count). The predicted octanol–water partition coefficient (Wildman–Crippen LogP) is 2.56. The summed E-state index contributed by atoms with van der Waals surface area (Å²) in [5.41, 5.74) is 0.455. The van der Waals surface area contributed by atoms with Gasteiger partial charge in [-0.1, -0.05) is 23.7 Å². The van der Waals surface area contributed by atoms with E-state index in [1.807, 2.05) is 0 Å². The third-order valence-corrected chi connectivity index (χ3v) is 2.22. The fourth-order valence-corrected chi connectivity index (χ4v) is 1.22. The molecular weight excluding hydrogens is 203 g/mol. The first kappa shape index (κ1) is 11.0. The highest BCUT2D eigenvalue weighted by molar-refractivity contribution is 6.30. The molecule has 0 unspecified atom stereocenters. The van der Waals surface area contributed by atoms with Crippen LogP contribution in [0.3, 0.4) is 0 Å². The first-order chi connectivity index (χ1) is 6.52. The quantitative estimate of drug-likeness (QED) is 0.595. The van der Waals surface area contributed by atoms with Gasteiger partial charge in [-0.15, -0.1) is 0 Å². The molecule has 2 nitrogen and oxygen atoms in total. The second-order valence-corrected chi connectivity index (χ2v) is 3.64. The highest BCUT2D eigenvalue weighted by Gasteiger charge is 2.09. The topological polar surface area (TPSA) is 27.1 Å². The normalized spacial score (nSPS) is 10.0. The van der Waals surface area contributed by atoms with Crippen molar-refractivity contribution in [1.82, 2.24) is 4.90 Å². The molecule has 0 amide bonds. The van der Waals surface area contributed by atoms with Gasteiger partial charge in [-0.05, 0) is 11.6 Å². The van der Waals surface area contributed by atoms with Gasteiger partial charge in [0.05, 0.1) is 10.9 Å². The molecule has 0 atom stereocenters. The lowest BCUT2D eigenvalue weighted by molar-refractivity contribution is 0.589. The molecule has 0 saturated carbocycles. The second-order valence-electron chi connectivity index (χ2n) is 3.23. The van der Waals surface area contributed by atoms with Gasteiger partial charge in [0.15, 0.2) is 0 Å². The molecule has 1 aromatic carbocycles. The summed E-state index contributed by atoms with van der Waals surface area (Å²) in [6.45, 7) is 0. The van der Waals surface area contributed by atoms with Crippen molar-refractivity contribution in [3.05, 3.63) is 34.6 Å². The Balaban J connectivity index is 2.87. The number of nitrogens with one attached hydrogen (secondary N) is 1. The van der Waals surface area contributed by atoms with Crippen LogP contribution in [0, 0.1) is 11.2 Å². The Morgan fingerprint density at radius 1 is 1.50 bits per heavy atom. The zero-order valence-electron chi connectivity index (χ0n) is 8.14. The molecule has 4 heteroatoms. The van der Waals surface area contributed by atoms with E-state index in [9.17, 15) is 4.39 Å². The standard InChI is InChI=1S/C10H12ClFN2/c1-14(2)9(13)6-7-4-3-5-8(11)10(7)12/h3-5,13H,6H2,1-2H3. The van der Waals surface area contributed by atoms with Gasteiger partial charge in [0, 0.05) is 20.5 Å². The molecule has 1 N–H and O–H groups in total. The largest absolute Gasteiger partial charge is 0.366 e. The first-order valence-corrected chi connectivity index (χ1v) is 4.58. The molecule has 1 aromatic rings. The van der Waals surface area contributed by atoms with Gasteiger partial charge in [0.1, 0.15) is 5.82 Å². The van der Waals surface area contributed by atoms with Gasteiger partial charge in [-0.3, -0.25) is 5.41 Å². The summed E-state index contributed by atoms with van der Waals surface area (Å²) in [6.07, 6.45) is 0.263. The predicted molar refractivity (Wildman–Crippen MR) is 56.5 cm³/mol. The molecule has 0 saturated heterocycles. The summed E-state index contributed by atoms with van der Waals surface area (Å²) >= 11 is 5.62. The molecule has 0 heterocycles. The Bertz CT molecular complexity index is 350. The molecule has 0 spiro atoms. The van der Waals surface area contributed by atoms with Crippen molar-refractivity contribution in [3.8, 4) is 0 Å². The monoisotopic (exact) mass is 214 g/mol. The molecule has 0 aliphatic rings. The summed E-state index contributed by atoms with van der Waals surface area (Å²) in [7, 11) is 3.51. The van der Waals surface area contributed by atoms with E-state index in [0.29, 0.717) is 11.4 Å². The maximum absolute atomic E-state index is 13.4. The number of hydrogen-bond acceptors (Lipinski definition) is 1. The van der Waals surface area contributed by atoms with Crippen molar-refractivity contribution in [2.45, 2.75) is 6.42 Å². The number of hydrogen-bond donors (Lipinski definition) is 1. The Labute approximate surface area is 87.8 Å². The third kappa shape index (κ3) is 2.45. The van der Waals surface area contributed by atoms with Crippen molar-refractivity contribution >= 4 is 17.4 Å². The molecule has 76 valence electrons. The molecular formula is C10H12ClFN2. The Morgan fingerprint density at radius 2 is 2.14 bits per heavy atom. The minimum Gasteiger partial charge on any atom is -0.366 e. The average molecular weight is 215 g/mol. The van der Waals surface area contributed by atoms with Crippen LogP contribution in [0.2, 0.25) is 5.02 Å². The average Bonchev–Trinajstić information content (AvgIpc) is 2.12. The Hall–Kier alpha value is -1.09. The summed E-state index contributed by atoms with van der Waals surface area (Å²) in [5.74, 6) is -0.0769. The van der Waals surface area contributed by atoms with Crippen LogP contribution in [-0.4, -0.2) is 24.8 Å². The van der Waals surface area contributed by atoms with Gasteiger partial charge in [0.2, 0.25) is 0 Å². The van der Waals surface area contributed by atoms with E-state index in [1.54, 1.807) is 31.1 Å². The molecule has 0 aliphatic heterocycles. The van der Waals surface area contributed by atoms with Crippen LogP contribution in [0.4, 0.5) is 4.39 Å². The molecule has 0 radical (unpaired) electrons. The highest BCUT2D eigenvalue weighted by Crippen LogP contribution is 2.18. The minimum atomic E-state index is -0.430. The fraction of sp³-hybridized carbons (Fsp3) is 0.300. The second kappa shape index (κ2) is 4.42. The van der Waals surface area contributed by atoms with Crippen molar-refractivity contribution in [1.29, 1.82) is 5.41 Å². The minimum absolute atomic E-state index is 0.106. The molecule has 0 aromatic heterocycles. The third-order valence-electron chi connectivity index (χ3n) is 1.93. The zero-order valence-corrected chi connectivity index (χ0v) is 8.90. The molecule has 0 bridgehead atoms. The van der Waals surface area contributed by atoms with Gasteiger partial charge in [-0.25, -0.2) is 4.39 Å². The van der Waals surface area contributed by atoms with Crippen LogP contribution in [0.5, 0.6) is 0 Å². The summed E-state index contributed by atoms with van der Waals surface area (Å²) < 4.78 is 13.4. The van der Waals surface area contributed by atoms with E-state index in [-0.39, 0.29) is 11.4 Å². The molecule has 0 fully saturated rings. The maximum atomic E-state index is 13.4. The lowest BCUT2D eigenvalue weighted by Gasteiger charge is -2.13. The number of likely N-dealkylation sites (N-methyl/N-ethyl adjacent to an activating group) is 1. The lowest BCUT2D eigenvalue weighted by atomic mass is 10.1. The van der Waals surface area contributed by atoms with Crippen LogP contribution >= 0.6 is 11.6 Å².